The molecular formula is C51H83NO19. The van der Waals surface area contributed by atoms with Crippen LogP contribution in [0.4, 0.5) is 0 Å². The van der Waals surface area contributed by atoms with Gasteiger partial charge >= 0.3 is 17.9 Å². The lowest BCUT2D eigenvalue weighted by Gasteiger charge is -2.50. The number of carbonyl (C=O) groups is 5. The monoisotopic (exact) mass is 1010 g/mol. The third-order valence-electron chi connectivity index (χ3n) is 14.1. The summed E-state index contributed by atoms with van der Waals surface area (Å²) in [6, 6.07) is -0.812. The van der Waals surface area contributed by atoms with Crippen LogP contribution in [0.3, 0.4) is 0 Å². The number of methoxy groups -OCH3 is 1. The normalized spacial score (nSPS) is 42.4. The van der Waals surface area contributed by atoms with Gasteiger partial charge in [0.05, 0.1) is 43.5 Å². The Labute approximate surface area is 418 Å². The van der Waals surface area contributed by atoms with E-state index in [1.54, 1.807) is 79.6 Å². The van der Waals surface area contributed by atoms with Crippen molar-refractivity contribution in [1.82, 2.24) is 4.90 Å². The molecule has 4 N–H and O–H groups in total. The highest BCUT2D eigenvalue weighted by molar-refractivity contribution is 5.91. The van der Waals surface area contributed by atoms with Crippen molar-refractivity contribution >= 4 is 30.0 Å². The Morgan fingerprint density at radius 1 is 0.887 bits per heavy atom. The van der Waals surface area contributed by atoms with Crippen LogP contribution >= 0.6 is 0 Å². The maximum absolute atomic E-state index is 14.1. The van der Waals surface area contributed by atoms with Gasteiger partial charge < -0.3 is 77.5 Å². The van der Waals surface area contributed by atoms with Crippen molar-refractivity contribution in [2.24, 2.45) is 23.7 Å². The number of rotatable bonds is 16. The summed E-state index contributed by atoms with van der Waals surface area (Å²) in [5.41, 5.74) is -0.885. The van der Waals surface area contributed by atoms with Crippen LogP contribution in [0, 0.1) is 23.7 Å². The molecule has 0 aromatic heterocycles. The molecule has 20 heteroatoms. The lowest BCUT2D eigenvalue weighted by atomic mass is 9.79. The van der Waals surface area contributed by atoms with Gasteiger partial charge in [-0.3, -0.25) is 19.2 Å². The number of hydrogen-bond donors (Lipinski definition) is 4. The van der Waals surface area contributed by atoms with Gasteiger partial charge in [-0.15, -0.1) is 0 Å². The second kappa shape index (κ2) is 27.3. The van der Waals surface area contributed by atoms with Crippen LogP contribution in [0.25, 0.3) is 0 Å². The standard InChI is InChI=1S/C51H83NO19/c1-14-16-38(56)69-48-31(8)64-40(24-51(48,10)61)70-46-30(7)66-49(43(59)41(46)52(11)12)71-45-28(5)37(67-32(9)54)23-39(57)68-36(15-2)34(25-63-50-47(62-13)44(60)42(58)29(6)65-50)21-26(3)17-18-35(55)27(4)22-33(45)19-20-53/h17-18,20-21,27-31,33-34,36-37,40-50,58-61H,14-16,19,22-25H2,1-13H3/b18-17+,26-21-/t27-,28+,29-,30-,31+,33+,34-,36?,37-,40+,41-,42-,43-,44-,45?,46-,47-,48+,49+,50-,51-/m1/s1. The second-order valence-corrected chi connectivity index (χ2v) is 20.3. The first-order valence-corrected chi connectivity index (χ1v) is 25.1. The van der Waals surface area contributed by atoms with Gasteiger partial charge in [-0.25, -0.2) is 0 Å². The van der Waals surface area contributed by atoms with Crippen molar-refractivity contribution in [3.05, 3.63) is 23.8 Å². The fraction of sp³-hybridized carbons (Fsp3) is 0.824. The fourth-order valence-electron chi connectivity index (χ4n) is 10.2. The quantitative estimate of drug-likeness (QED) is 0.0984. The number of cyclic esters (lactones) is 1. The number of aliphatic hydroxyl groups is 4. The summed E-state index contributed by atoms with van der Waals surface area (Å²) in [4.78, 5) is 67.5. The molecule has 71 heavy (non-hydrogen) atoms. The Hall–Kier alpha value is -3.25. The fourth-order valence-corrected chi connectivity index (χ4v) is 10.2. The van der Waals surface area contributed by atoms with E-state index in [1.165, 1.54) is 20.1 Å². The molecule has 0 saturated carbocycles. The molecule has 4 aliphatic rings. The number of ketones is 1. The summed E-state index contributed by atoms with van der Waals surface area (Å²) in [7, 11) is 4.84. The van der Waals surface area contributed by atoms with E-state index in [1.807, 2.05) is 13.8 Å². The highest BCUT2D eigenvalue weighted by Gasteiger charge is 2.53. The van der Waals surface area contributed by atoms with Gasteiger partial charge in [0.15, 0.2) is 30.8 Å². The molecule has 20 nitrogen and oxygen atoms in total. The number of esters is 3. The zero-order chi connectivity index (χ0) is 53.1. The molecule has 0 spiro atoms. The Morgan fingerprint density at radius 2 is 1.56 bits per heavy atom. The van der Waals surface area contributed by atoms with Gasteiger partial charge in [0.1, 0.15) is 54.6 Å². The zero-order valence-electron chi connectivity index (χ0n) is 43.9. The van der Waals surface area contributed by atoms with Crippen LogP contribution in [0.15, 0.2) is 23.8 Å². The summed E-state index contributed by atoms with van der Waals surface area (Å²) in [5, 5.41) is 44.8. The molecule has 0 amide bonds. The number of nitrogens with zero attached hydrogens (tertiary/aromatic N) is 1. The third kappa shape index (κ3) is 16.1. The lowest BCUT2D eigenvalue weighted by molar-refractivity contribution is -0.342. The summed E-state index contributed by atoms with van der Waals surface area (Å²) in [5.74, 6) is -5.04. The second-order valence-electron chi connectivity index (χ2n) is 20.3. The highest BCUT2D eigenvalue weighted by Crippen LogP contribution is 2.39. The van der Waals surface area contributed by atoms with Crippen molar-refractivity contribution in [3.63, 3.8) is 0 Å². The maximum Gasteiger partial charge on any atom is 0.309 e. The number of aldehydes is 1. The summed E-state index contributed by atoms with van der Waals surface area (Å²) < 4.78 is 60.9. The first-order valence-electron chi connectivity index (χ1n) is 25.1. The van der Waals surface area contributed by atoms with E-state index in [0.29, 0.717) is 24.7 Å². The molecule has 406 valence electrons. The molecule has 2 unspecified atom stereocenters. The molecule has 0 bridgehead atoms. The van der Waals surface area contributed by atoms with E-state index in [2.05, 4.69) is 0 Å². The SMILES string of the molecule is CCCC(=O)O[C@H]1[C@H](C)O[C@@H](O[C@H]2[C@H](N(C)C)[C@@H](O)[C@H](OC3[C@@H](CC=O)C[C@@H](C)C(=O)/C=C/C(C)=C\[C@H](CO[C@@H]4O[C@H](C)[C@@H](O)[C@@H](O)[C@H]4OC)C(CC)OC(=O)C[C@@H](OC(C)=O)[C@@H]3C)O[C@@H]2C)C[C@@]1(C)O. The van der Waals surface area contributed by atoms with Gasteiger partial charge in [-0.1, -0.05) is 45.4 Å². The topological polar surface area (TPSA) is 262 Å². The predicted molar refractivity (Wildman–Crippen MR) is 254 cm³/mol. The molecule has 21 atom stereocenters. The smallest absolute Gasteiger partial charge is 0.309 e. The molecule has 3 saturated heterocycles. The molecule has 4 heterocycles. The van der Waals surface area contributed by atoms with Crippen molar-refractivity contribution in [3.8, 4) is 0 Å². The van der Waals surface area contributed by atoms with Gasteiger partial charge in [-0.05, 0) is 80.0 Å². The number of likely N-dealkylation sites (N-methyl/N-ethyl adjacent to an activating group) is 1. The van der Waals surface area contributed by atoms with E-state index in [9.17, 15) is 44.4 Å². The van der Waals surface area contributed by atoms with Crippen LogP contribution in [0.5, 0.6) is 0 Å². The van der Waals surface area contributed by atoms with Crippen molar-refractivity contribution in [1.29, 1.82) is 0 Å². The van der Waals surface area contributed by atoms with Crippen LogP contribution in [-0.4, -0.2) is 187 Å². The highest BCUT2D eigenvalue weighted by atomic mass is 16.7. The number of aliphatic hydroxyl groups excluding tert-OH is 3. The van der Waals surface area contributed by atoms with Crippen molar-refractivity contribution in [2.45, 2.75) is 218 Å². The molecule has 0 aromatic carbocycles. The molecule has 0 aromatic rings. The first-order chi connectivity index (χ1) is 33.4. The van der Waals surface area contributed by atoms with Crippen LogP contribution in [0.1, 0.15) is 114 Å². The molecule has 4 rings (SSSR count). The van der Waals surface area contributed by atoms with Crippen LogP contribution in [0.2, 0.25) is 0 Å². The summed E-state index contributed by atoms with van der Waals surface area (Å²) >= 11 is 0. The third-order valence-corrected chi connectivity index (χ3v) is 14.1. The van der Waals surface area contributed by atoms with E-state index >= 15 is 0 Å². The van der Waals surface area contributed by atoms with Gasteiger partial charge in [0.2, 0.25) is 0 Å². The maximum atomic E-state index is 14.1. The van der Waals surface area contributed by atoms with E-state index < -0.39 is 152 Å². The minimum Gasteiger partial charge on any atom is -0.462 e. The number of hydrogen-bond acceptors (Lipinski definition) is 20. The molecule has 3 fully saturated rings. The van der Waals surface area contributed by atoms with E-state index in [4.69, 9.17) is 47.4 Å². The van der Waals surface area contributed by atoms with Crippen LogP contribution < -0.4 is 0 Å². The van der Waals surface area contributed by atoms with Gasteiger partial charge in [0.25, 0.3) is 0 Å². The first kappa shape index (κ1) is 60.3. The Bertz CT molecular complexity index is 1810. The van der Waals surface area contributed by atoms with E-state index in [0.717, 1.165) is 0 Å². The average Bonchev–Trinajstić information content (AvgIpc) is 3.28. The Kier molecular flexibility index (Phi) is 23.2. The minimum atomic E-state index is -1.52. The van der Waals surface area contributed by atoms with Gasteiger partial charge in [-0.2, -0.15) is 0 Å². The van der Waals surface area contributed by atoms with Crippen molar-refractivity contribution < 1.29 is 91.8 Å². The predicted octanol–water partition coefficient (Wildman–Crippen LogP) is 3.10. The molecule has 0 aliphatic carbocycles. The number of carbonyl (C=O) groups excluding carboxylic acids is 5. The van der Waals surface area contributed by atoms with Crippen LogP contribution in [-0.2, 0) is 71.3 Å². The average molecular weight is 1010 g/mol. The molecular weight excluding hydrogens is 931 g/mol. The summed E-state index contributed by atoms with van der Waals surface area (Å²) in [6.45, 7) is 16.5. The largest absolute Gasteiger partial charge is 0.462 e. The molecule has 4 aliphatic heterocycles. The molecule has 0 radical (unpaired) electrons. The summed E-state index contributed by atoms with van der Waals surface area (Å²) in [6.07, 6.45) is -9.56. The zero-order valence-corrected chi connectivity index (χ0v) is 43.9. The number of ether oxygens (including phenoxy) is 10. The Balaban J connectivity index is 1.66. The lowest BCUT2D eigenvalue weighted by Crippen LogP contribution is -2.65. The Morgan fingerprint density at radius 3 is 2.15 bits per heavy atom. The number of allylic oxidation sites excluding steroid dienone is 3. The van der Waals surface area contributed by atoms with Crippen molar-refractivity contribution in [2.75, 3.05) is 27.8 Å². The minimum absolute atomic E-state index is 0.0660. The van der Waals surface area contributed by atoms with E-state index in [-0.39, 0.29) is 38.1 Å². The van der Waals surface area contributed by atoms with Gasteiger partial charge in [0, 0.05) is 51.0 Å².